The van der Waals surface area contributed by atoms with Crippen molar-refractivity contribution in [3.05, 3.63) is 15.7 Å². The van der Waals surface area contributed by atoms with Gasteiger partial charge >= 0.3 is 0 Å². The summed E-state index contributed by atoms with van der Waals surface area (Å²) in [5.74, 6) is 1.69. The van der Waals surface area contributed by atoms with Gasteiger partial charge in [0, 0.05) is 11.4 Å². The summed E-state index contributed by atoms with van der Waals surface area (Å²) in [5.41, 5.74) is 1.45. The molecule has 0 aliphatic heterocycles. The number of aromatic nitrogens is 2. The summed E-state index contributed by atoms with van der Waals surface area (Å²) in [6, 6.07) is 0. The Balaban J connectivity index is 1.79. The molecule has 0 bridgehead atoms. The first-order chi connectivity index (χ1) is 11.0. The third kappa shape index (κ3) is 3.95. The van der Waals surface area contributed by atoms with Crippen LogP contribution in [0.5, 0.6) is 0 Å². The second-order valence-electron chi connectivity index (χ2n) is 6.81. The van der Waals surface area contributed by atoms with Gasteiger partial charge in [0.25, 0.3) is 0 Å². The Labute approximate surface area is 147 Å². The molecule has 0 fully saturated rings. The summed E-state index contributed by atoms with van der Waals surface area (Å²) in [7, 11) is 4.22. The standard InChI is InChI=1S/C17H25ClN4S/c1-11-6-7-12-13(10-11)23-16-14(12)15(20-17(18)21-16)19-8-4-5-9-22(2)3/h11H,4-10H2,1-3H3,(H,19,20,21). The van der Waals surface area contributed by atoms with E-state index in [4.69, 9.17) is 11.6 Å². The van der Waals surface area contributed by atoms with Crippen LogP contribution in [0, 0.1) is 5.92 Å². The summed E-state index contributed by atoms with van der Waals surface area (Å²) >= 11 is 7.93. The smallest absolute Gasteiger partial charge is 0.225 e. The van der Waals surface area contributed by atoms with Crippen molar-refractivity contribution in [1.29, 1.82) is 0 Å². The lowest BCUT2D eigenvalue weighted by Crippen LogP contribution is -2.14. The van der Waals surface area contributed by atoms with Gasteiger partial charge in [0.2, 0.25) is 5.28 Å². The Morgan fingerprint density at radius 3 is 2.91 bits per heavy atom. The Morgan fingerprint density at radius 1 is 1.30 bits per heavy atom. The number of anilines is 1. The molecule has 2 aromatic heterocycles. The van der Waals surface area contributed by atoms with Gasteiger partial charge in [0.05, 0.1) is 5.39 Å². The molecule has 0 saturated heterocycles. The number of halogens is 1. The van der Waals surface area contributed by atoms with Crippen LogP contribution in [-0.4, -0.2) is 42.1 Å². The largest absolute Gasteiger partial charge is 0.369 e. The average Bonchev–Trinajstić information content (AvgIpc) is 2.83. The fourth-order valence-corrected chi connectivity index (χ4v) is 4.81. The fraction of sp³-hybridized carbons (Fsp3) is 0.647. The Kier molecular flexibility index (Phi) is 5.39. The second kappa shape index (κ2) is 7.32. The zero-order valence-corrected chi connectivity index (χ0v) is 15.7. The van der Waals surface area contributed by atoms with Crippen molar-refractivity contribution in [3.63, 3.8) is 0 Å². The molecular weight excluding hydrogens is 328 g/mol. The zero-order valence-electron chi connectivity index (χ0n) is 14.2. The Bertz CT molecular complexity index is 683. The van der Waals surface area contributed by atoms with E-state index in [9.17, 15) is 0 Å². The van der Waals surface area contributed by atoms with Crippen molar-refractivity contribution in [1.82, 2.24) is 14.9 Å². The number of hydrogen-bond donors (Lipinski definition) is 1. The number of aryl methyl sites for hydroxylation is 1. The molecule has 1 aliphatic carbocycles. The highest BCUT2D eigenvalue weighted by Gasteiger charge is 2.23. The maximum Gasteiger partial charge on any atom is 0.225 e. The molecule has 0 amide bonds. The van der Waals surface area contributed by atoms with Gasteiger partial charge in [-0.2, -0.15) is 0 Å². The van der Waals surface area contributed by atoms with Crippen LogP contribution in [0.4, 0.5) is 5.82 Å². The Hall–Kier alpha value is -0.910. The third-order valence-corrected chi connectivity index (χ3v) is 5.77. The van der Waals surface area contributed by atoms with Crippen LogP contribution in [0.25, 0.3) is 10.2 Å². The van der Waals surface area contributed by atoms with Gasteiger partial charge in [-0.1, -0.05) is 6.92 Å². The van der Waals surface area contributed by atoms with Crippen molar-refractivity contribution < 1.29 is 0 Å². The summed E-state index contributed by atoms with van der Waals surface area (Å²) in [4.78, 5) is 13.7. The van der Waals surface area contributed by atoms with Crippen molar-refractivity contribution >= 4 is 39.0 Å². The monoisotopic (exact) mass is 352 g/mol. The average molecular weight is 353 g/mol. The van der Waals surface area contributed by atoms with E-state index in [0.717, 1.165) is 48.9 Å². The maximum absolute atomic E-state index is 6.14. The second-order valence-corrected chi connectivity index (χ2v) is 8.23. The number of hydrogen-bond acceptors (Lipinski definition) is 5. The van der Waals surface area contributed by atoms with Gasteiger partial charge in [-0.3, -0.25) is 0 Å². The van der Waals surface area contributed by atoms with Crippen LogP contribution in [0.2, 0.25) is 5.28 Å². The first kappa shape index (κ1) is 16.9. The van der Waals surface area contributed by atoms with Crippen molar-refractivity contribution in [2.45, 2.75) is 39.0 Å². The minimum atomic E-state index is 0.347. The molecule has 2 heterocycles. The molecule has 126 valence electrons. The van der Waals surface area contributed by atoms with Crippen LogP contribution in [0.1, 0.15) is 36.6 Å². The summed E-state index contributed by atoms with van der Waals surface area (Å²) in [5, 5.41) is 5.07. The van der Waals surface area contributed by atoms with Crippen LogP contribution in [-0.2, 0) is 12.8 Å². The highest BCUT2D eigenvalue weighted by atomic mass is 35.5. The van der Waals surface area contributed by atoms with Crippen LogP contribution in [0.15, 0.2) is 0 Å². The lowest BCUT2D eigenvalue weighted by atomic mass is 9.89. The minimum Gasteiger partial charge on any atom is -0.369 e. The third-order valence-electron chi connectivity index (χ3n) is 4.45. The van der Waals surface area contributed by atoms with E-state index in [-0.39, 0.29) is 0 Å². The number of nitrogens with zero attached hydrogens (tertiary/aromatic N) is 3. The van der Waals surface area contributed by atoms with Gasteiger partial charge < -0.3 is 10.2 Å². The summed E-state index contributed by atoms with van der Waals surface area (Å²) in [6.07, 6.45) is 5.86. The van der Waals surface area contributed by atoms with E-state index in [1.807, 2.05) is 0 Å². The molecule has 4 nitrogen and oxygen atoms in total. The van der Waals surface area contributed by atoms with Crippen LogP contribution < -0.4 is 5.32 Å². The van der Waals surface area contributed by atoms with E-state index in [1.165, 1.54) is 28.7 Å². The summed E-state index contributed by atoms with van der Waals surface area (Å²) in [6.45, 7) is 4.38. The van der Waals surface area contributed by atoms with E-state index in [2.05, 4.69) is 41.2 Å². The first-order valence-corrected chi connectivity index (χ1v) is 9.60. The topological polar surface area (TPSA) is 41.1 Å². The van der Waals surface area contributed by atoms with Crippen molar-refractivity contribution in [2.75, 3.05) is 32.5 Å². The molecular formula is C17H25ClN4S. The predicted molar refractivity (Wildman–Crippen MR) is 99.9 cm³/mol. The Morgan fingerprint density at radius 2 is 2.13 bits per heavy atom. The molecule has 0 aromatic carbocycles. The molecule has 1 unspecified atom stereocenters. The highest BCUT2D eigenvalue weighted by molar-refractivity contribution is 7.19. The first-order valence-electron chi connectivity index (χ1n) is 8.41. The van der Waals surface area contributed by atoms with E-state index in [1.54, 1.807) is 11.3 Å². The van der Waals surface area contributed by atoms with Gasteiger partial charge in [-0.05, 0) is 75.8 Å². The van der Waals surface area contributed by atoms with Crippen molar-refractivity contribution in [3.8, 4) is 0 Å². The van der Waals surface area contributed by atoms with Gasteiger partial charge in [0.15, 0.2) is 0 Å². The number of nitrogens with one attached hydrogen (secondary N) is 1. The molecule has 0 saturated carbocycles. The molecule has 0 radical (unpaired) electrons. The van der Waals surface area contributed by atoms with Crippen molar-refractivity contribution in [2.24, 2.45) is 5.92 Å². The normalized spacial score (nSPS) is 17.7. The maximum atomic E-state index is 6.14. The fourth-order valence-electron chi connectivity index (χ4n) is 3.20. The molecule has 3 rings (SSSR count). The molecule has 1 atom stereocenters. The van der Waals surface area contributed by atoms with Gasteiger partial charge in [-0.15, -0.1) is 11.3 Å². The molecule has 1 aliphatic rings. The molecule has 1 N–H and O–H groups in total. The lowest BCUT2D eigenvalue weighted by molar-refractivity contribution is 0.396. The van der Waals surface area contributed by atoms with Crippen LogP contribution in [0.3, 0.4) is 0 Å². The zero-order chi connectivity index (χ0) is 16.4. The number of unbranched alkanes of at least 4 members (excludes halogenated alkanes) is 1. The number of thiophene rings is 1. The molecule has 23 heavy (non-hydrogen) atoms. The summed E-state index contributed by atoms with van der Waals surface area (Å²) < 4.78 is 0. The number of fused-ring (bicyclic) bond motifs is 3. The van der Waals surface area contributed by atoms with Gasteiger partial charge in [0.1, 0.15) is 10.6 Å². The quantitative estimate of drug-likeness (QED) is 0.624. The number of rotatable bonds is 6. The van der Waals surface area contributed by atoms with Gasteiger partial charge in [-0.25, -0.2) is 9.97 Å². The van der Waals surface area contributed by atoms with E-state index < -0.39 is 0 Å². The molecule has 2 aromatic rings. The minimum absolute atomic E-state index is 0.347. The SMILES string of the molecule is CC1CCc2c(sc3nc(Cl)nc(NCCCCN(C)C)c23)C1. The van der Waals surface area contributed by atoms with E-state index in [0.29, 0.717) is 5.28 Å². The lowest BCUT2D eigenvalue weighted by Gasteiger charge is -2.18. The highest BCUT2D eigenvalue weighted by Crippen LogP contribution is 2.40. The van der Waals surface area contributed by atoms with E-state index >= 15 is 0 Å². The predicted octanol–water partition coefficient (Wildman–Crippen LogP) is 4.22. The molecule has 0 spiro atoms. The van der Waals surface area contributed by atoms with Crippen LogP contribution >= 0.6 is 22.9 Å². The molecule has 6 heteroatoms.